The minimum absolute atomic E-state index is 0.0366. The SMILES string of the molecule is C/C(C=NNC(=O)/C(=C\c1ccc2c(c1)OCO2)NC(=O)c1ccccc1)=C\c1ccccc1. The fourth-order valence-electron chi connectivity index (χ4n) is 3.21. The standard InChI is InChI=1S/C27H23N3O4/c1-19(14-20-8-4-2-5-9-20)17-28-30-27(32)23(29-26(31)22-10-6-3-7-11-22)15-21-12-13-24-25(16-21)34-18-33-24/h2-17H,18H2,1H3,(H,29,31)(H,30,32)/b19-14+,23-15+,28-17?. The van der Waals surface area contributed by atoms with Crippen molar-refractivity contribution in [1.29, 1.82) is 0 Å². The molecule has 34 heavy (non-hydrogen) atoms. The van der Waals surface area contributed by atoms with Gasteiger partial charge in [-0.25, -0.2) is 5.43 Å². The number of hydrogen-bond acceptors (Lipinski definition) is 5. The van der Waals surface area contributed by atoms with Crippen LogP contribution < -0.4 is 20.2 Å². The number of rotatable bonds is 7. The molecule has 0 saturated carbocycles. The molecular formula is C27H23N3O4. The maximum absolute atomic E-state index is 12.9. The number of amides is 2. The first-order valence-electron chi connectivity index (χ1n) is 10.6. The zero-order valence-electron chi connectivity index (χ0n) is 18.5. The summed E-state index contributed by atoms with van der Waals surface area (Å²) in [5.41, 5.74) is 5.48. The van der Waals surface area contributed by atoms with Crippen molar-refractivity contribution in [3.05, 3.63) is 107 Å². The molecule has 1 heterocycles. The molecule has 0 atom stereocenters. The lowest BCUT2D eigenvalue weighted by Crippen LogP contribution is -2.32. The van der Waals surface area contributed by atoms with Crippen molar-refractivity contribution >= 4 is 30.2 Å². The van der Waals surface area contributed by atoms with Crippen LogP contribution in [0.3, 0.4) is 0 Å². The summed E-state index contributed by atoms with van der Waals surface area (Å²) in [6.45, 7) is 2.02. The molecule has 3 aromatic rings. The lowest BCUT2D eigenvalue weighted by Gasteiger charge is -2.09. The second-order valence-corrected chi connectivity index (χ2v) is 7.49. The molecule has 4 rings (SSSR count). The first-order chi connectivity index (χ1) is 16.6. The van der Waals surface area contributed by atoms with E-state index in [1.165, 1.54) is 0 Å². The van der Waals surface area contributed by atoms with Gasteiger partial charge in [0.15, 0.2) is 11.5 Å². The molecule has 2 amide bonds. The molecular weight excluding hydrogens is 430 g/mol. The Morgan fingerprint density at radius 3 is 2.32 bits per heavy atom. The van der Waals surface area contributed by atoms with E-state index in [4.69, 9.17) is 9.47 Å². The van der Waals surface area contributed by atoms with Gasteiger partial charge in [0.2, 0.25) is 6.79 Å². The van der Waals surface area contributed by atoms with Crippen LogP contribution in [0.2, 0.25) is 0 Å². The molecule has 3 aromatic carbocycles. The highest BCUT2D eigenvalue weighted by molar-refractivity contribution is 6.05. The number of fused-ring (bicyclic) bond motifs is 1. The normalized spacial score (nSPS) is 13.1. The number of hydrazone groups is 1. The van der Waals surface area contributed by atoms with Gasteiger partial charge in [-0.3, -0.25) is 9.59 Å². The topological polar surface area (TPSA) is 89.0 Å². The molecule has 7 heteroatoms. The molecule has 0 saturated heterocycles. The number of nitrogens with zero attached hydrogens (tertiary/aromatic N) is 1. The lowest BCUT2D eigenvalue weighted by atomic mass is 10.1. The van der Waals surface area contributed by atoms with Gasteiger partial charge in [0.05, 0.1) is 6.21 Å². The number of carbonyl (C=O) groups excluding carboxylic acids is 2. The summed E-state index contributed by atoms with van der Waals surface area (Å²) in [4.78, 5) is 25.6. The zero-order chi connectivity index (χ0) is 23.8. The van der Waals surface area contributed by atoms with Crippen LogP contribution in [0.15, 0.2) is 95.2 Å². The highest BCUT2D eigenvalue weighted by atomic mass is 16.7. The van der Waals surface area contributed by atoms with E-state index in [2.05, 4.69) is 15.8 Å². The number of nitrogens with one attached hydrogen (secondary N) is 2. The summed E-state index contributed by atoms with van der Waals surface area (Å²) < 4.78 is 10.7. The van der Waals surface area contributed by atoms with Gasteiger partial charge >= 0.3 is 0 Å². The summed E-state index contributed by atoms with van der Waals surface area (Å²) in [6.07, 6.45) is 5.04. The van der Waals surface area contributed by atoms with Gasteiger partial charge in [-0.05, 0) is 54.0 Å². The van der Waals surface area contributed by atoms with Gasteiger partial charge in [0.25, 0.3) is 11.8 Å². The van der Waals surface area contributed by atoms with Crippen molar-refractivity contribution in [3.63, 3.8) is 0 Å². The predicted octanol–water partition coefficient (Wildman–Crippen LogP) is 4.39. The van der Waals surface area contributed by atoms with E-state index in [1.54, 1.807) is 54.8 Å². The van der Waals surface area contributed by atoms with E-state index in [0.717, 1.165) is 11.1 Å². The van der Waals surface area contributed by atoms with Crippen molar-refractivity contribution < 1.29 is 19.1 Å². The minimum Gasteiger partial charge on any atom is -0.454 e. The Balaban J connectivity index is 1.52. The Kier molecular flexibility index (Phi) is 7.15. The number of allylic oxidation sites excluding steroid dienone is 1. The van der Waals surface area contributed by atoms with Crippen LogP contribution in [0.4, 0.5) is 0 Å². The van der Waals surface area contributed by atoms with Crippen molar-refractivity contribution in [2.75, 3.05) is 6.79 Å². The third-order valence-electron chi connectivity index (χ3n) is 4.86. The highest BCUT2D eigenvalue weighted by Crippen LogP contribution is 2.33. The Hall–Kier alpha value is -4.65. The molecule has 0 bridgehead atoms. The molecule has 0 radical (unpaired) electrons. The summed E-state index contributed by atoms with van der Waals surface area (Å²) in [6, 6.07) is 23.7. The molecule has 1 aliphatic rings. The van der Waals surface area contributed by atoms with Crippen LogP contribution in [0, 0.1) is 0 Å². The smallest absolute Gasteiger partial charge is 0.287 e. The second-order valence-electron chi connectivity index (χ2n) is 7.49. The molecule has 1 aliphatic heterocycles. The van der Waals surface area contributed by atoms with E-state index in [-0.39, 0.29) is 12.5 Å². The quantitative estimate of drug-likeness (QED) is 0.315. The van der Waals surface area contributed by atoms with Gasteiger partial charge in [-0.2, -0.15) is 5.10 Å². The van der Waals surface area contributed by atoms with Crippen LogP contribution in [0.1, 0.15) is 28.4 Å². The Morgan fingerprint density at radius 1 is 0.853 bits per heavy atom. The number of ether oxygens (including phenoxy) is 2. The predicted molar refractivity (Wildman–Crippen MR) is 131 cm³/mol. The summed E-state index contributed by atoms with van der Waals surface area (Å²) in [7, 11) is 0. The second kappa shape index (κ2) is 10.8. The summed E-state index contributed by atoms with van der Waals surface area (Å²) in [5.74, 6) is 0.224. The number of benzene rings is 3. The van der Waals surface area contributed by atoms with E-state index in [9.17, 15) is 9.59 Å². The number of hydrogen-bond donors (Lipinski definition) is 2. The Labute approximate surface area is 197 Å². The number of carbonyl (C=O) groups is 2. The van der Waals surface area contributed by atoms with E-state index < -0.39 is 11.8 Å². The van der Waals surface area contributed by atoms with Gasteiger partial charge in [-0.15, -0.1) is 0 Å². The maximum Gasteiger partial charge on any atom is 0.287 e. The Morgan fingerprint density at radius 2 is 1.56 bits per heavy atom. The van der Waals surface area contributed by atoms with Gasteiger partial charge in [0.1, 0.15) is 5.70 Å². The van der Waals surface area contributed by atoms with E-state index >= 15 is 0 Å². The first-order valence-corrected chi connectivity index (χ1v) is 10.6. The van der Waals surface area contributed by atoms with Crippen molar-refractivity contribution in [2.24, 2.45) is 5.10 Å². The molecule has 0 unspecified atom stereocenters. The fourth-order valence-corrected chi connectivity index (χ4v) is 3.21. The maximum atomic E-state index is 12.9. The Bertz CT molecular complexity index is 1270. The molecule has 7 nitrogen and oxygen atoms in total. The largest absolute Gasteiger partial charge is 0.454 e. The van der Waals surface area contributed by atoms with E-state index in [0.29, 0.717) is 22.6 Å². The summed E-state index contributed by atoms with van der Waals surface area (Å²) >= 11 is 0. The molecule has 2 N–H and O–H groups in total. The van der Waals surface area contributed by atoms with Crippen LogP contribution in [-0.4, -0.2) is 24.8 Å². The minimum atomic E-state index is -0.564. The van der Waals surface area contributed by atoms with Gasteiger partial charge in [0, 0.05) is 5.56 Å². The zero-order valence-corrected chi connectivity index (χ0v) is 18.5. The van der Waals surface area contributed by atoms with Crippen LogP contribution in [0.25, 0.3) is 12.2 Å². The molecule has 170 valence electrons. The van der Waals surface area contributed by atoms with Crippen molar-refractivity contribution in [2.45, 2.75) is 6.92 Å². The monoisotopic (exact) mass is 453 g/mol. The van der Waals surface area contributed by atoms with Crippen LogP contribution in [0.5, 0.6) is 11.5 Å². The third-order valence-corrected chi connectivity index (χ3v) is 4.86. The average Bonchev–Trinajstić information content (AvgIpc) is 3.32. The van der Waals surface area contributed by atoms with Crippen molar-refractivity contribution in [1.82, 2.24) is 10.7 Å². The van der Waals surface area contributed by atoms with Crippen molar-refractivity contribution in [3.8, 4) is 11.5 Å². The van der Waals surface area contributed by atoms with Gasteiger partial charge in [-0.1, -0.05) is 60.7 Å². The van der Waals surface area contributed by atoms with Crippen LogP contribution in [-0.2, 0) is 4.79 Å². The molecule has 0 aromatic heterocycles. The first kappa shape index (κ1) is 22.5. The lowest BCUT2D eigenvalue weighted by molar-refractivity contribution is -0.117. The molecule has 0 spiro atoms. The third kappa shape index (κ3) is 5.98. The highest BCUT2D eigenvalue weighted by Gasteiger charge is 2.16. The molecule has 0 aliphatic carbocycles. The molecule has 0 fully saturated rings. The van der Waals surface area contributed by atoms with Gasteiger partial charge < -0.3 is 14.8 Å². The average molecular weight is 453 g/mol. The van der Waals surface area contributed by atoms with E-state index in [1.807, 2.05) is 49.4 Å². The fraction of sp³-hybridized carbons (Fsp3) is 0.0741. The summed E-state index contributed by atoms with van der Waals surface area (Å²) in [5, 5.41) is 6.71. The van der Waals surface area contributed by atoms with Crippen LogP contribution >= 0.6 is 0 Å².